The van der Waals surface area contributed by atoms with Gasteiger partial charge in [0.25, 0.3) is 0 Å². The molecule has 2 N–H and O–H groups in total. The first kappa shape index (κ1) is 14.3. The highest BCUT2D eigenvalue weighted by Gasteiger charge is 2.07. The van der Waals surface area contributed by atoms with Crippen molar-refractivity contribution in [1.82, 2.24) is 5.32 Å². The van der Waals surface area contributed by atoms with Gasteiger partial charge in [0.2, 0.25) is 5.91 Å². The van der Waals surface area contributed by atoms with Gasteiger partial charge in [0.1, 0.15) is 0 Å². The largest absolute Gasteiger partial charge is 0.394 e. The van der Waals surface area contributed by atoms with Crippen molar-refractivity contribution in [2.24, 2.45) is 0 Å². The van der Waals surface area contributed by atoms with E-state index in [-0.39, 0.29) is 18.6 Å². The molecule has 17 heavy (non-hydrogen) atoms. The zero-order chi connectivity index (χ0) is 12.8. The van der Waals surface area contributed by atoms with Crippen LogP contribution in [0.4, 0.5) is 0 Å². The smallest absolute Gasteiger partial charge is 0.220 e. The van der Waals surface area contributed by atoms with E-state index >= 15 is 0 Å². The van der Waals surface area contributed by atoms with Gasteiger partial charge in [-0.3, -0.25) is 4.79 Å². The van der Waals surface area contributed by atoms with Crippen molar-refractivity contribution >= 4 is 29.1 Å². The lowest BCUT2D eigenvalue weighted by Gasteiger charge is -2.10. The maximum Gasteiger partial charge on any atom is 0.220 e. The molecule has 0 aliphatic heterocycles. The van der Waals surface area contributed by atoms with E-state index in [1.807, 2.05) is 6.07 Å². The molecule has 1 aromatic rings. The fourth-order valence-corrected chi connectivity index (χ4v) is 1.67. The number of benzene rings is 1. The Bertz CT molecular complexity index is 396. The Kier molecular flexibility index (Phi) is 5.75. The van der Waals surface area contributed by atoms with Crippen LogP contribution in [0.15, 0.2) is 18.2 Å². The van der Waals surface area contributed by atoms with E-state index < -0.39 is 0 Å². The van der Waals surface area contributed by atoms with E-state index in [4.69, 9.17) is 28.3 Å². The number of carbonyl (C=O) groups is 1. The Morgan fingerprint density at radius 3 is 2.71 bits per heavy atom. The molecule has 0 aliphatic carbocycles. The molecule has 0 saturated heterocycles. The monoisotopic (exact) mass is 275 g/mol. The Balaban J connectivity index is 2.45. The zero-order valence-electron chi connectivity index (χ0n) is 9.54. The summed E-state index contributed by atoms with van der Waals surface area (Å²) in [6.07, 6.45) is 0.961. The Morgan fingerprint density at radius 2 is 2.12 bits per heavy atom. The number of carbonyl (C=O) groups excluding carboxylic acids is 1. The van der Waals surface area contributed by atoms with Crippen LogP contribution in [0.2, 0.25) is 10.0 Å². The van der Waals surface area contributed by atoms with Crippen molar-refractivity contribution in [1.29, 1.82) is 0 Å². The SMILES string of the molecule is C[C@@H](CO)NC(=O)CCc1ccc(Cl)c(Cl)c1. The molecule has 0 unspecified atom stereocenters. The summed E-state index contributed by atoms with van der Waals surface area (Å²) in [7, 11) is 0. The predicted molar refractivity (Wildman–Crippen MR) is 69.5 cm³/mol. The van der Waals surface area contributed by atoms with Crippen LogP contribution < -0.4 is 5.32 Å². The Hall–Kier alpha value is -0.770. The number of aliphatic hydroxyl groups excluding tert-OH is 1. The Labute approximate surface area is 111 Å². The van der Waals surface area contributed by atoms with Gasteiger partial charge in [-0.2, -0.15) is 0 Å². The average molecular weight is 276 g/mol. The molecule has 0 fully saturated rings. The molecule has 1 aromatic carbocycles. The molecule has 0 spiro atoms. The molecular formula is C12H15Cl2NO2. The lowest BCUT2D eigenvalue weighted by atomic mass is 10.1. The lowest BCUT2D eigenvalue weighted by Crippen LogP contribution is -2.35. The Morgan fingerprint density at radius 1 is 1.41 bits per heavy atom. The fraction of sp³-hybridized carbons (Fsp3) is 0.417. The summed E-state index contributed by atoms with van der Waals surface area (Å²) in [5.74, 6) is -0.0855. The van der Waals surface area contributed by atoms with E-state index in [2.05, 4.69) is 5.32 Å². The lowest BCUT2D eigenvalue weighted by molar-refractivity contribution is -0.121. The van der Waals surface area contributed by atoms with Crippen molar-refractivity contribution in [3.63, 3.8) is 0 Å². The van der Waals surface area contributed by atoms with Crippen molar-refractivity contribution < 1.29 is 9.90 Å². The van der Waals surface area contributed by atoms with Crippen LogP contribution in [0, 0.1) is 0 Å². The number of halogens is 2. The number of hydrogen-bond donors (Lipinski definition) is 2. The van der Waals surface area contributed by atoms with Crippen LogP contribution in [-0.4, -0.2) is 23.7 Å². The fourth-order valence-electron chi connectivity index (χ4n) is 1.35. The molecular weight excluding hydrogens is 261 g/mol. The highest BCUT2D eigenvalue weighted by molar-refractivity contribution is 6.42. The van der Waals surface area contributed by atoms with Gasteiger partial charge in [-0.25, -0.2) is 0 Å². The van der Waals surface area contributed by atoms with E-state index in [1.165, 1.54) is 0 Å². The normalized spacial score (nSPS) is 12.2. The van der Waals surface area contributed by atoms with Gasteiger partial charge < -0.3 is 10.4 Å². The number of amides is 1. The van der Waals surface area contributed by atoms with Gasteiger partial charge >= 0.3 is 0 Å². The number of hydrogen-bond acceptors (Lipinski definition) is 2. The van der Waals surface area contributed by atoms with Crippen LogP contribution in [0.1, 0.15) is 18.9 Å². The number of aryl methyl sites for hydroxylation is 1. The number of rotatable bonds is 5. The second-order valence-electron chi connectivity index (χ2n) is 3.90. The summed E-state index contributed by atoms with van der Waals surface area (Å²) in [5, 5.41) is 12.5. The minimum Gasteiger partial charge on any atom is -0.394 e. The quantitative estimate of drug-likeness (QED) is 0.867. The van der Waals surface area contributed by atoms with Crippen LogP contribution in [0.5, 0.6) is 0 Å². The average Bonchev–Trinajstić information content (AvgIpc) is 2.30. The van der Waals surface area contributed by atoms with E-state index in [1.54, 1.807) is 19.1 Å². The molecule has 0 bridgehead atoms. The molecule has 3 nitrogen and oxygen atoms in total. The summed E-state index contributed by atoms with van der Waals surface area (Å²) in [5.41, 5.74) is 0.964. The van der Waals surface area contributed by atoms with Gasteiger partial charge in [0.15, 0.2) is 0 Å². The third-order valence-electron chi connectivity index (χ3n) is 2.31. The van der Waals surface area contributed by atoms with Crippen LogP contribution >= 0.6 is 23.2 Å². The van der Waals surface area contributed by atoms with Crippen molar-refractivity contribution in [3.8, 4) is 0 Å². The third-order valence-corrected chi connectivity index (χ3v) is 3.05. The molecule has 1 amide bonds. The van der Waals surface area contributed by atoms with Crippen molar-refractivity contribution in [2.45, 2.75) is 25.8 Å². The molecule has 0 heterocycles. The second kappa shape index (κ2) is 6.84. The van der Waals surface area contributed by atoms with Crippen molar-refractivity contribution in [3.05, 3.63) is 33.8 Å². The zero-order valence-corrected chi connectivity index (χ0v) is 11.1. The van der Waals surface area contributed by atoms with E-state index in [9.17, 15) is 4.79 Å². The van der Waals surface area contributed by atoms with Gasteiger partial charge in [-0.1, -0.05) is 29.3 Å². The molecule has 5 heteroatoms. The number of nitrogens with one attached hydrogen (secondary N) is 1. The van der Waals surface area contributed by atoms with Crippen LogP contribution in [-0.2, 0) is 11.2 Å². The molecule has 1 rings (SSSR count). The third kappa shape index (κ3) is 4.94. The molecule has 94 valence electrons. The summed E-state index contributed by atoms with van der Waals surface area (Å²) in [4.78, 5) is 11.5. The molecule has 0 radical (unpaired) electrons. The molecule has 0 aromatic heterocycles. The second-order valence-corrected chi connectivity index (χ2v) is 4.71. The highest BCUT2D eigenvalue weighted by atomic mass is 35.5. The highest BCUT2D eigenvalue weighted by Crippen LogP contribution is 2.23. The first-order chi connectivity index (χ1) is 8.02. The topological polar surface area (TPSA) is 49.3 Å². The summed E-state index contributed by atoms with van der Waals surface area (Å²) < 4.78 is 0. The van der Waals surface area contributed by atoms with E-state index in [0.29, 0.717) is 22.9 Å². The number of aliphatic hydroxyl groups is 1. The predicted octanol–water partition coefficient (Wildman–Crippen LogP) is 2.42. The molecule has 0 aliphatic rings. The standard InChI is InChI=1S/C12H15Cl2NO2/c1-8(7-16)15-12(17)5-3-9-2-4-10(13)11(14)6-9/h2,4,6,8,16H,3,5,7H2,1H3,(H,15,17)/t8-/m0/s1. The van der Waals surface area contributed by atoms with Gasteiger partial charge in [-0.05, 0) is 31.0 Å². The minimum absolute atomic E-state index is 0.0570. The van der Waals surface area contributed by atoms with Gasteiger partial charge in [0, 0.05) is 12.5 Å². The van der Waals surface area contributed by atoms with Crippen molar-refractivity contribution in [2.75, 3.05) is 6.61 Å². The van der Waals surface area contributed by atoms with Crippen LogP contribution in [0.25, 0.3) is 0 Å². The van der Waals surface area contributed by atoms with Gasteiger partial charge in [0.05, 0.1) is 16.7 Å². The summed E-state index contributed by atoms with van der Waals surface area (Å²) in [6.45, 7) is 1.69. The summed E-state index contributed by atoms with van der Waals surface area (Å²) in [6, 6.07) is 5.10. The minimum atomic E-state index is -0.212. The summed E-state index contributed by atoms with van der Waals surface area (Å²) >= 11 is 11.7. The first-order valence-electron chi connectivity index (χ1n) is 5.37. The van der Waals surface area contributed by atoms with Gasteiger partial charge in [-0.15, -0.1) is 0 Å². The van der Waals surface area contributed by atoms with Crippen LogP contribution in [0.3, 0.4) is 0 Å². The molecule has 1 atom stereocenters. The first-order valence-corrected chi connectivity index (χ1v) is 6.12. The van der Waals surface area contributed by atoms with E-state index in [0.717, 1.165) is 5.56 Å². The maximum absolute atomic E-state index is 11.5. The maximum atomic E-state index is 11.5. The molecule has 0 saturated carbocycles.